The summed E-state index contributed by atoms with van der Waals surface area (Å²) >= 11 is 2.97. The van der Waals surface area contributed by atoms with Crippen LogP contribution in [0.15, 0.2) is 41.3 Å². The highest BCUT2D eigenvalue weighted by atomic mass is 127. The average molecular weight is 475 g/mol. The second-order valence-corrected chi connectivity index (χ2v) is 8.10. The molecule has 0 unspecified atom stereocenters. The molecule has 0 fully saturated rings. The first-order chi connectivity index (χ1) is 11.4. The molecule has 24 heavy (non-hydrogen) atoms. The maximum atomic E-state index is 12.8. The lowest BCUT2D eigenvalue weighted by molar-refractivity contribution is 0.0602. The van der Waals surface area contributed by atoms with Crippen molar-refractivity contribution in [1.29, 1.82) is 0 Å². The zero-order valence-electron chi connectivity index (χ0n) is 12.2. The smallest absolute Gasteiger partial charge is 0.339 e. The highest BCUT2D eigenvalue weighted by Gasteiger charge is 2.22. The van der Waals surface area contributed by atoms with Gasteiger partial charge in [-0.25, -0.2) is 13.2 Å². The molecule has 0 saturated heterocycles. The quantitative estimate of drug-likeness (QED) is 0.461. The number of hydrogen-bond donors (Lipinski definition) is 1. The Morgan fingerprint density at radius 1 is 1.25 bits per heavy atom. The van der Waals surface area contributed by atoms with Gasteiger partial charge in [0.2, 0.25) is 0 Å². The minimum atomic E-state index is -3.95. The fourth-order valence-corrected chi connectivity index (χ4v) is 4.42. The summed E-state index contributed by atoms with van der Waals surface area (Å²) in [5, 5.41) is 0. The lowest BCUT2D eigenvalue weighted by atomic mass is 10.2. The predicted molar refractivity (Wildman–Crippen MR) is 98.7 cm³/mol. The summed E-state index contributed by atoms with van der Waals surface area (Å²) < 4.78 is 41.5. The van der Waals surface area contributed by atoms with Gasteiger partial charge in [0.25, 0.3) is 10.0 Å². The molecular weight excluding hydrogens is 465 g/mol. The number of nitrogens with one attached hydrogen (secondary N) is 1. The number of fused-ring (bicyclic) bond motifs is 1. The van der Waals surface area contributed by atoms with Gasteiger partial charge >= 0.3 is 5.97 Å². The molecule has 0 amide bonds. The lowest BCUT2D eigenvalue weighted by Gasteiger charge is -2.12. The van der Waals surface area contributed by atoms with Crippen molar-refractivity contribution in [2.75, 3.05) is 11.8 Å². The molecule has 2 aromatic carbocycles. The standard InChI is InChI=1S/C14H10IN3O4S2/c1-22-14(19)9-6-5-8(15)7-11(9)18-24(20,21)12-4-2-3-10-13(12)17-23-16-10/h2-7,18H,1H3. The number of hydrogen-bond acceptors (Lipinski definition) is 7. The highest BCUT2D eigenvalue weighted by molar-refractivity contribution is 14.1. The zero-order valence-corrected chi connectivity index (χ0v) is 16.0. The third-order valence-electron chi connectivity index (χ3n) is 3.17. The minimum absolute atomic E-state index is 0.00317. The van der Waals surface area contributed by atoms with Crippen LogP contribution in [0.3, 0.4) is 0 Å². The van der Waals surface area contributed by atoms with Crippen LogP contribution in [0.4, 0.5) is 5.69 Å². The van der Waals surface area contributed by atoms with Crippen molar-refractivity contribution in [1.82, 2.24) is 8.75 Å². The second kappa shape index (κ2) is 6.61. The van der Waals surface area contributed by atoms with E-state index in [1.807, 2.05) is 22.6 Å². The van der Waals surface area contributed by atoms with Gasteiger partial charge in [0.1, 0.15) is 15.9 Å². The molecule has 0 aliphatic heterocycles. The number of halogens is 1. The minimum Gasteiger partial charge on any atom is -0.465 e. The number of methoxy groups -OCH3 is 1. The summed E-state index contributed by atoms with van der Waals surface area (Å²) in [7, 11) is -2.71. The van der Waals surface area contributed by atoms with Crippen LogP contribution < -0.4 is 4.72 Å². The summed E-state index contributed by atoms with van der Waals surface area (Å²) in [4.78, 5) is 11.9. The van der Waals surface area contributed by atoms with Crippen LogP contribution in [0.5, 0.6) is 0 Å². The molecule has 0 bridgehead atoms. The number of nitrogens with zero attached hydrogens (tertiary/aromatic N) is 2. The third kappa shape index (κ3) is 3.21. The fourth-order valence-electron chi connectivity index (χ4n) is 2.09. The van der Waals surface area contributed by atoms with Crippen molar-refractivity contribution >= 4 is 67.0 Å². The molecule has 1 aromatic heterocycles. The van der Waals surface area contributed by atoms with Gasteiger partial charge in [-0.1, -0.05) is 6.07 Å². The van der Waals surface area contributed by atoms with E-state index < -0.39 is 16.0 Å². The largest absolute Gasteiger partial charge is 0.465 e. The molecule has 3 aromatic rings. The van der Waals surface area contributed by atoms with Crippen LogP contribution in [0.25, 0.3) is 11.0 Å². The topological polar surface area (TPSA) is 98.2 Å². The van der Waals surface area contributed by atoms with Gasteiger partial charge in [0.15, 0.2) is 0 Å². The molecule has 0 aliphatic carbocycles. The van der Waals surface area contributed by atoms with E-state index >= 15 is 0 Å². The average Bonchev–Trinajstić information content (AvgIpc) is 3.02. The summed E-state index contributed by atoms with van der Waals surface area (Å²) in [6, 6.07) is 9.48. The van der Waals surface area contributed by atoms with E-state index in [0.29, 0.717) is 11.0 Å². The zero-order chi connectivity index (χ0) is 17.3. The van der Waals surface area contributed by atoms with Crippen LogP contribution in [0.2, 0.25) is 0 Å². The molecule has 0 radical (unpaired) electrons. The SMILES string of the molecule is COC(=O)c1ccc(I)cc1NS(=O)(=O)c1cccc2nsnc12. The summed E-state index contributed by atoms with van der Waals surface area (Å²) in [5.41, 5.74) is 1.07. The number of anilines is 1. The van der Waals surface area contributed by atoms with Gasteiger partial charge in [-0.2, -0.15) is 8.75 Å². The molecule has 0 aliphatic rings. The number of carbonyl (C=O) groups excluding carboxylic acids is 1. The molecule has 1 heterocycles. The van der Waals surface area contributed by atoms with Crippen LogP contribution >= 0.6 is 34.3 Å². The van der Waals surface area contributed by atoms with Crippen molar-refractivity contribution in [2.24, 2.45) is 0 Å². The van der Waals surface area contributed by atoms with E-state index in [1.165, 1.54) is 19.2 Å². The molecule has 124 valence electrons. The van der Waals surface area contributed by atoms with Gasteiger partial charge < -0.3 is 4.74 Å². The number of ether oxygens (including phenoxy) is 1. The van der Waals surface area contributed by atoms with Crippen molar-refractivity contribution in [3.05, 3.63) is 45.5 Å². The Hall–Kier alpha value is -1.79. The Kier molecular flexibility index (Phi) is 4.69. The Balaban J connectivity index is 2.09. The first-order valence-electron chi connectivity index (χ1n) is 6.54. The van der Waals surface area contributed by atoms with Crippen LogP contribution in [-0.2, 0) is 14.8 Å². The predicted octanol–water partition coefficient (Wildman–Crippen LogP) is 2.88. The van der Waals surface area contributed by atoms with Crippen molar-refractivity contribution in [2.45, 2.75) is 4.90 Å². The van der Waals surface area contributed by atoms with Gasteiger partial charge in [-0.3, -0.25) is 4.72 Å². The van der Waals surface area contributed by atoms with Crippen molar-refractivity contribution in [3.63, 3.8) is 0 Å². The van der Waals surface area contributed by atoms with E-state index in [1.54, 1.807) is 24.3 Å². The van der Waals surface area contributed by atoms with E-state index in [0.717, 1.165) is 15.3 Å². The molecule has 10 heteroatoms. The van der Waals surface area contributed by atoms with Gasteiger partial charge in [-0.15, -0.1) is 0 Å². The Labute approximate surface area is 155 Å². The Morgan fingerprint density at radius 3 is 2.79 bits per heavy atom. The van der Waals surface area contributed by atoms with Crippen LogP contribution in [-0.4, -0.2) is 30.2 Å². The highest BCUT2D eigenvalue weighted by Crippen LogP contribution is 2.26. The monoisotopic (exact) mass is 475 g/mol. The van der Waals surface area contributed by atoms with E-state index in [4.69, 9.17) is 4.74 Å². The van der Waals surface area contributed by atoms with Gasteiger partial charge in [0, 0.05) is 3.57 Å². The number of rotatable bonds is 4. The van der Waals surface area contributed by atoms with Gasteiger partial charge in [0.05, 0.1) is 30.1 Å². The summed E-state index contributed by atoms with van der Waals surface area (Å²) in [6.45, 7) is 0. The number of sulfonamides is 1. The number of aromatic nitrogens is 2. The van der Waals surface area contributed by atoms with Crippen LogP contribution in [0.1, 0.15) is 10.4 Å². The van der Waals surface area contributed by atoms with Crippen molar-refractivity contribution in [3.8, 4) is 0 Å². The first-order valence-corrected chi connectivity index (χ1v) is 9.83. The Bertz CT molecular complexity index is 1030. The molecule has 3 rings (SSSR count). The number of esters is 1. The molecular formula is C14H10IN3O4S2. The van der Waals surface area contributed by atoms with E-state index in [2.05, 4.69) is 13.5 Å². The molecule has 0 spiro atoms. The molecule has 7 nitrogen and oxygen atoms in total. The normalized spacial score (nSPS) is 11.4. The number of carbonyl (C=O) groups is 1. The van der Waals surface area contributed by atoms with E-state index in [-0.39, 0.29) is 16.1 Å². The molecule has 0 atom stereocenters. The van der Waals surface area contributed by atoms with Crippen LogP contribution in [0, 0.1) is 3.57 Å². The fraction of sp³-hybridized carbons (Fsp3) is 0.0714. The van der Waals surface area contributed by atoms with Gasteiger partial charge in [-0.05, 0) is 52.9 Å². The van der Waals surface area contributed by atoms with Crippen molar-refractivity contribution < 1.29 is 17.9 Å². The summed E-state index contributed by atoms with van der Waals surface area (Å²) in [6.07, 6.45) is 0. The maximum absolute atomic E-state index is 12.8. The lowest BCUT2D eigenvalue weighted by Crippen LogP contribution is -2.16. The second-order valence-electron chi connectivity index (χ2n) is 4.68. The number of benzene rings is 2. The summed E-state index contributed by atoms with van der Waals surface area (Å²) in [5.74, 6) is -0.627. The Morgan fingerprint density at radius 2 is 2.04 bits per heavy atom. The van der Waals surface area contributed by atoms with E-state index in [9.17, 15) is 13.2 Å². The molecule has 1 N–H and O–H groups in total. The molecule has 0 saturated carbocycles. The third-order valence-corrected chi connectivity index (χ3v) is 5.78. The maximum Gasteiger partial charge on any atom is 0.339 e. The first kappa shape index (κ1) is 17.0.